The first-order chi connectivity index (χ1) is 9.38. The van der Waals surface area contributed by atoms with Gasteiger partial charge in [-0.2, -0.15) is 0 Å². The molecule has 0 heterocycles. The number of hydrogen-bond acceptors (Lipinski definition) is 3. The van der Waals surface area contributed by atoms with Crippen molar-refractivity contribution in [3.05, 3.63) is 29.8 Å². The summed E-state index contributed by atoms with van der Waals surface area (Å²) in [7, 11) is 1.72. The number of rotatable bonds is 7. The monoisotopic (exact) mass is 279 g/mol. The highest BCUT2D eigenvalue weighted by atomic mass is 16.5. The van der Waals surface area contributed by atoms with Gasteiger partial charge < -0.3 is 15.2 Å². The van der Waals surface area contributed by atoms with E-state index in [0.29, 0.717) is 0 Å². The zero-order valence-electron chi connectivity index (χ0n) is 13.5. The lowest BCUT2D eigenvalue weighted by molar-refractivity contribution is 0.0621. The van der Waals surface area contributed by atoms with Crippen molar-refractivity contribution in [1.82, 2.24) is 0 Å². The molecule has 0 fully saturated rings. The normalized spacial score (nSPS) is 14.9. The molecule has 0 spiro atoms. The van der Waals surface area contributed by atoms with Crippen LogP contribution >= 0.6 is 0 Å². The number of methoxy groups -OCH3 is 1. The molecule has 1 rings (SSSR count). The average molecular weight is 279 g/mol. The number of nitrogens with two attached hydrogens (primary N) is 1. The first kappa shape index (κ1) is 17.0. The minimum Gasteiger partial charge on any atom is -0.488 e. The van der Waals surface area contributed by atoms with Gasteiger partial charge in [-0.1, -0.05) is 39.8 Å². The van der Waals surface area contributed by atoms with Gasteiger partial charge in [-0.25, -0.2) is 0 Å². The Morgan fingerprint density at radius 3 is 2.20 bits per heavy atom. The summed E-state index contributed by atoms with van der Waals surface area (Å²) in [5.74, 6) is 0.884. The number of hydrogen-bond donors (Lipinski definition) is 1. The third-order valence-corrected chi connectivity index (χ3v) is 3.50. The van der Waals surface area contributed by atoms with E-state index in [1.807, 2.05) is 12.1 Å². The fourth-order valence-corrected chi connectivity index (χ4v) is 2.22. The van der Waals surface area contributed by atoms with E-state index in [-0.39, 0.29) is 17.6 Å². The lowest BCUT2D eigenvalue weighted by Gasteiger charge is -2.35. The summed E-state index contributed by atoms with van der Waals surface area (Å²) in [6.07, 6.45) is 1.85. The Kier molecular flexibility index (Phi) is 6.50. The van der Waals surface area contributed by atoms with Gasteiger partial charge in [0.2, 0.25) is 0 Å². The summed E-state index contributed by atoms with van der Waals surface area (Å²) >= 11 is 0. The molecule has 0 saturated carbocycles. The molecule has 0 saturated heterocycles. The summed E-state index contributed by atoms with van der Waals surface area (Å²) < 4.78 is 11.2. The second kappa shape index (κ2) is 7.65. The summed E-state index contributed by atoms with van der Waals surface area (Å²) in [4.78, 5) is 0. The largest absolute Gasteiger partial charge is 0.488 e. The number of benzene rings is 1. The Balaban J connectivity index is 2.74. The highest BCUT2D eigenvalue weighted by Crippen LogP contribution is 2.27. The van der Waals surface area contributed by atoms with Gasteiger partial charge in [-0.3, -0.25) is 0 Å². The highest BCUT2D eigenvalue weighted by Gasteiger charge is 2.31. The predicted molar refractivity (Wildman–Crippen MR) is 84.2 cm³/mol. The highest BCUT2D eigenvalue weighted by molar-refractivity contribution is 5.27. The summed E-state index contributed by atoms with van der Waals surface area (Å²) in [5.41, 5.74) is 7.48. The van der Waals surface area contributed by atoms with Crippen molar-refractivity contribution < 1.29 is 9.47 Å². The standard InChI is InChI=1S/C17H29NO2/c1-6-15(18)16(17(2,3)4)20-14-9-7-13(8-10-14)11-12-19-5/h7-10,15-16H,6,11-12,18H2,1-5H3. The van der Waals surface area contributed by atoms with Crippen molar-refractivity contribution in [2.45, 2.75) is 52.7 Å². The van der Waals surface area contributed by atoms with Crippen LogP contribution in [0.2, 0.25) is 0 Å². The van der Waals surface area contributed by atoms with Gasteiger partial charge in [-0.05, 0) is 30.5 Å². The molecule has 2 N–H and O–H groups in total. The maximum atomic E-state index is 6.21. The molecule has 0 amide bonds. The van der Waals surface area contributed by atoms with E-state index >= 15 is 0 Å². The molecule has 3 heteroatoms. The van der Waals surface area contributed by atoms with Crippen LogP contribution in [-0.2, 0) is 11.2 Å². The average Bonchev–Trinajstić information content (AvgIpc) is 2.41. The molecule has 1 aromatic carbocycles. The van der Waals surface area contributed by atoms with Crippen LogP contribution in [0, 0.1) is 5.41 Å². The predicted octanol–water partition coefficient (Wildman–Crippen LogP) is 3.41. The van der Waals surface area contributed by atoms with Gasteiger partial charge >= 0.3 is 0 Å². The molecule has 0 aliphatic carbocycles. The molecular formula is C17H29NO2. The van der Waals surface area contributed by atoms with Crippen molar-refractivity contribution >= 4 is 0 Å². The third-order valence-electron chi connectivity index (χ3n) is 3.50. The Hall–Kier alpha value is -1.06. The van der Waals surface area contributed by atoms with Crippen LogP contribution in [0.1, 0.15) is 39.7 Å². The first-order valence-corrected chi connectivity index (χ1v) is 7.38. The van der Waals surface area contributed by atoms with Gasteiger partial charge in [0.25, 0.3) is 0 Å². The van der Waals surface area contributed by atoms with Crippen LogP contribution in [0.4, 0.5) is 0 Å². The van der Waals surface area contributed by atoms with Gasteiger partial charge in [0.15, 0.2) is 0 Å². The van der Waals surface area contributed by atoms with E-state index in [1.54, 1.807) is 7.11 Å². The van der Waals surface area contributed by atoms with Crippen molar-refractivity contribution in [2.75, 3.05) is 13.7 Å². The molecule has 2 atom stereocenters. The lowest BCUT2D eigenvalue weighted by Crippen LogP contribution is -2.47. The SMILES string of the molecule is CCC(N)C(Oc1ccc(CCOC)cc1)C(C)(C)C. The van der Waals surface area contributed by atoms with Gasteiger partial charge in [0.05, 0.1) is 6.61 Å². The summed E-state index contributed by atoms with van der Waals surface area (Å²) in [6.45, 7) is 9.34. The fourth-order valence-electron chi connectivity index (χ4n) is 2.22. The molecule has 0 aromatic heterocycles. The van der Waals surface area contributed by atoms with E-state index in [0.717, 1.165) is 25.2 Å². The quantitative estimate of drug-likeness (QED) is 0.832. The molecule has 114 valence electrons. The Morgan fingerprint density at radius 1 is 1.15 bits per heavy atom. The van der Waals surface area contributed by atoms with Crippen molar-refractivity contribution in [1.29, 1.82) is 0 Å². The Labute approximate surface area is 123 Å². The minimum absolute atomic E-state index is 0.0114. The van der Waals surface area contributed by atoms with E-state index < -0.39 is 0 Å². The van der Waals surface area contributed by atoms with E-state index in [2.05, 4.69) is 39.8 Å². The van der Waals surface area contributed by atoms with E-state index in [1.165, 1.54) is 5.56 Å². The van der Waals surface area contributed by atoms with Gasteiger partial charge in [0, 0.05) is 18.6 Å². The molecule has 1 aromatic rings. The molecule has 3 nitrogen and oxygen atoms in total. The van der Waals surface area contributed by atoms with Crippen LogP contribution in [0.15, 0.2) is 24.3 Å². The van der Waals surface area contributed by atoms with E-state index in [9.17, 15) is 0 Å². The molecule has 0 aliphatic heterocycles. The maximum absolute atomic E-state index is 6.21. The fraction of sp³-hybridized carbons (Fsp3) is 0.647. The minimum atomic E-state index is 0.0114. The summed E-state index contributed by atoms with van der Waals surface area (Å²) in [5, 5.41) is 0. The lowest BCUT2D eigenvalue weighted by atomic mass is 9.84. The van der Waals surface area contributed by atoms with E-state index in [4.69, 9.17) is 15.2 Å². The molecule has 2 unspecified atom stereocenters. The van der Waals surface area contributed by atoms with Crippen LogP contribution in [-0.4, -0.2) is 25.9 Å². The maximum Gasteiger partial charge on any atom is 0.119 e. The van der Waals surface area contributed by atoms with Crippen LogP contribution in [0.25, 0.3) is 0 Å². The van der Waals surface area contributed by atoms with Crippen LogP contribution < -0.4 is 10.5 Å². The Bertz CT molecular complexity index is 381. The second-order valence-corrected chi connectivity index (χ2v) is 6.36. The topological polar surface area (TPSA) is 44.5 Å². The zero-order valence-corrected chi connectivity index (χ0v) is 13.5. The molecule has 20 heavy (non-hydrogen) atoms. The first-order valence-electron chi connectivity index (χ1n) is 7.38. The Morgan fingerprint density at radius 2 is 1.75 bits per heavy atom. The molecule has 0 radical (unpaired) electrons. The van der Waals surface area contributed by atoms with Gasteiger partial charge in [-0.15, -0.1) is 0 Å². The number of ether oxygens (including phenoxy) is 2. The molecular weight excluding hydrogens is 250 g/mol. The van der Waals surface area contributed by atoms with Crippen molar-refractivity contribution in [3.8, 4) is 5.75 Å². The van der Waals surface area contributed by atoms with Crippen molar-refractivity contribution in [2.24, 2.45) is 11.1 Å². The smallest absolute Gasteiger partial charge is 0.119 e. The van der Waals surface area contributed by atoms with Crippen LogP contribution in [0.3, 0.4) is 0 Å². The van der Waals surface area contributed by atoms with Gasteiger partial charge in [0.1, 0.15) is 11.9 Å². The molecule has 0 aliphatic rings. The zero-order chi connectivity index (χ0) is 15.2. The molecule has 0 bridgehead atoms. The third kappa shape index (κ3) is 5.14. The van der Waals surface area contributed by atoms with Crippen molar-refractivity contribution in [3.63, 3.8) is 0 Å². The van der Waals surface area contributed by atoms with Crippen LogP contribution in [0.5, 0.6) is 5.75 Å². The second-order valence-electron chi connectivity index (χ2n) is 6.36. The summed E-state index contributed by atoms with van der Waals surface area (Å²) in [6, 6.07) is 8.26.